The molecule has 2 aliphatic rings. The van der Waals surface area contributed by atoms with Crippen molar-refractivity contribution in [2.45, 2.75) is 44.3 Å². The van der Waals surface area contributed by atoms with Crippen molar-refractivity contribution >= 4 is 19.2 Å². The summed E-state index contributed by atoms with van der Waals surface area (Å²) in [4.78, 5) is 11.9. The Morgan fingerprint density at radius 2 is 1.85 bits per heavy atom. The third kappa shape index (κ3) is 2.35. The number of hydrogen-bond acceptors (Lipinski definition) is 1. The fourth-order valence-corrected chi connectivity index (χ4v) is 6.46. The first-order chi connectivity index (χ1) is 9.59. The minimum atomic E-state index is -1.39. The van der Waals surface area contributed by atoms with Crippen LogP contribution in [-0.4, -0.2) is 20.5 Å². The summed E-state index contributed by atoms with van der Waals surface area (Å²) >= 11 is 0. The topological polar surface area (TPSA) is 29.1 Å². The van der Waals surface area contributed by atoms with Gasteiger partial charge in [-0.2, -0.15) is 0 Å². The molecule has 0 atom stereocenters. The normalized spacial score (nSPS) is 23.3. The molecule has 3 heteroatoms. The predicted octanol–water partition coefficient (Wildman–Crippen LogP) is 2.97. The smallest absolute Gasteiger partial charge is 0.247 e. The number of nitrogens with one attached hydrogen (secondary N) is 1. The van der Waals surface area contributed by atoms with Gasteiger partial charge in [-0.05, 0) is 31.2 Å². The minimum Gasteiger partial charge on any atom is -0.352 e. The molecule has 1 saturated heterocycles. The van der Waals surface area contributed by atoms with Gasteiger partial charge in [0.2, 0.25) is 5.91 Å². The van der Waals surface area contributed by atoms with Crippen LogP contribution in [0.5, 0.6) is 0 Å². The van der Waals surface area contributed by atoms with Crippen LogP contribution >= 0.6 is 0 Å². The third-order valence-corrected chi connectivity index (χ3v) is 9.38. The van der Waals surface area contributed by atoms with E-state index in [-0.39, 0.29) is 5.91 Å². The van der Waals surface area contributed by atoms with Crippen molar-refractivity contribution in [3.8, 4) is 0 Å². The Morgan fingerprint density at radius 1 is 1.15 bits per heavy atom. The zero-order valence-corrected chi connectivity index (χ0v) is 13.4. The van der Waals surface area contributed by atoms with Crippen LogP contribution in [0.1, 0.15) is 25.7 Å². The molecule has 0 aromatic heterocycles. The van der Waals surface area contributed by atoms with Gasteiger partial charge < -0.3 is 5.32 Å². The van der Waals surface area contributed by atoms with Gasteiger partial charge in [-0.1, -0.05) is 54.2 Å². The van der Waals surface area contributed by atoms with Crippen LogP contribution in [0.2, 0.25) is 18.6 Å². The summed E-state index contributed by atoms with van der Waals surface area (Å²) in [5, 5.41) is 4.52. The molecule has 3 rings (SSSR count). The van der Waals surface area contributed by atoms with Crippen molar-refractivity contribution in [1.29, 1.82) is 0 Å². The molecule has 1 N–H and O–H groups in total. The molecule has 0 bridgehead atoms. The lowest BCUT2D eigenvalue weighted by Crippen LogP contribution is -2.49. The number of amides is 1. The van der Waals surface area contributed by atoms with Crippen LogP contribution in [0.4, 0.5) is 0 Å². The van der Waals surface area contributed by atoms with E-state index in [1.807, 2.05) is 0 Å². The van der Waals surface area contributed by atoms with Gasteiger partial charge in [0, 0.05) is 12.1 Å². The highest BCUT2D eigenvalue weighted by molar-refractivity contribution is 6.91. The van der Waals surface area contributed by atoms with Gasteiger partial charge in [-0.15, -0.1) is 0 Å². The summed E-state index contributed by atoms with van der Waals surface area (Å²) in [7, 11) is -1.39. The molecule has 0 unspecified atom stereocenters. The summed E-state index contributed by atoms with van der Waals surface area (Å²) < 4.78 is 0. The van der Waals surface area contributed by atoms with Gasteiger partial charge in [-0.25, -0.2) is 0 Å². The van der Waals surface area contributed by atoms with Gasteiger partial charge in [0.15, 0.2) is 0 Å². The second kappa shape index (κ2) is 5.21. The van der Waals surface area contributed by atoms with E-state index >= 15 is 0 Å². The minimum absolute atomic E-state index is 0.198. The van der Waals surface area contributed by atoms with E-state index in [9.17, 15) is 4.79 Å². The van der Waals surface area contributed by atoms with Crippen molar-refractivity contribution in [2.75, 3.05) is 6.54 Å². The maximum Gasteiger partial charge on any atom is 0.247 e. The predicted molar refractivity (Wildman–Crippen MR) is 85.8 cm³/mol. The second-order valence-electron chi connectivity index (χ2n) is 6.63. The zero-order chi connectivity index (χ0) is 14.2. The van der Waals surface area contributed by atoms with Crippen LogP contribution in [0, 0.1) is 0 Å². The average molecular weight is 285 g/mol. The summed E-state index contributed by atoms with van der Waals surface area (Å²) in [6.45, 7) is 5.79. The Bertz CT molecular complexity index is 539. The van der Waals surface area contributed by atoms with Crippen LogP contribution in [0.15, 0.2) is 41.5 Å². The molecule has 1 saturated carbocycles. The van der Waals surface area contributed by atoms with Crippen LogP contribution in [0.3, 0.4) is 0 Å². The molecule has 0 spiro atoms. The lowest BCUT2D eigenvalue weighted by atomic mass is 9.84. The number of carbonyl (C=O) groups excluding carboxylic acids is 1. The number of piperidine rings is 1. The molecule has 1 amide bonds. The number of rotatable bonds is 2. The summed E-state index contributed by atoms with van der Waals surface area (Å²) in [6, 6.07) is 11.0. The highest BCUT2D eigenvalue weighted by Gasteiger charge is 2.41. The molecular formula is C17H23NOSi. The maximum absolute atomic E-state index is 11.9. The van der Waals surface area contributed by atoms with Gasteiger partial charge in [0.05, 0.1) is 8.07 Å². The Hall–Kier alpha value is -1.35. The van der Waals surface area contributed by atoms with Crippen molar-refractivity contribution in [2.24, 2.45) is 0 Å². The average Bonchev–Trinajstić information content (AvgIpc) is 2.40. The Balaban J connectivity index is 1.74. The highest BCUT2D eigenvalue weighted by Crippen LogP contribution is 2.47. The molecule has 1 heterocycles. The first-order valence-corrected chi connectivity index (χ1v) is 10.7. The van der Waals surface area contributed by atoms with E-state index in [0.29, 0.717) is 0 Å². The summed E-state index contributed by atoms with van der Waals surface area (Å²) in [5.74, 6) is 0.198. The molecule has 0 radical (unpaired) electrons. The quantitative estimate of drug-likeness (QED) is 0.657. The molecule has 20 heavy (non-hydrogen) atoms. The Labute approximate surface area is 122 Å². The first-order valence-electron chi connectivity index (χ1n) is 7.63. The second-order valence-corrected chi connectivity index (χ2v) is 11.5. The SMILES string of the molecule is C[Si](C)(c1ccccc1)C1CC(=C2CCCNC2=O)C1. The fraction of sp³-hybridized carbons (Fsp3) is 0.471. The van der Waals surface area contributed by atoms with Crippen molar-refractivity contribution in [3.63, 3.8) is 0 Å². The van der Waals surface area contributed by atoms with E-state index in [2.05, 4.69) is 48.7 Å². The number of allylic oxidation sites excluding steroid dienone is 1. The third-order valence-electron chi connectivity index (χ3n) is 5.11. The van der Waals surface area contributed by atoms with E-state index in [1.165, 1.54) is 5.57 Å². The monoisotopic (exact) mass is 285 g/mol. The molecule has 2 nitrogen and oxygen atoms in total. The largest absolute Gasteiger partial charge is 0.352 e. The van der Waals surface area contributed by atoms with Crippen molar-refractivity contribution in [1.82, 2.24) is 5.32 Å². The Kier molecular flexibility index (Phi) is 3.55. The van der Waals surface area contributed by atoms with Gasteiger partial charge in [0.25, 0.3) is 0 Å². The van der Waals surface area contributed by atoms with Crippen LogP contribution in [0.25, 0.3) is 0 Å². The van der Waals surface area contributed by atoms with Crippen molar-refractivity contribution < 1.29 is 4.79 Å². The van der Waals surface area contributed by atoms with Gasteiger partial charge >= 0.3 is 0 Å². The summed E-state index contributed by atoms with van der Waals surface area (Å²) in [5.41, 5.74) is 3.33. The van der Waals surface area contributed by atoms with E-state index in [1.54, 1.807) is 5.19 Å². The number of hydrogen-bond donors (Lipinski definition) is 1. The van der Waals surface area contributed by atoms with E-state index < -0.39 is 8.07 Å². The molecular weight excluding hydrogens is 262 g/mol. The standard InChI is InChI=1S/C17H23NOSi/c1-20(2,14-7-4-3-5-8-14)15-11-13(12-15)16-9-6-10-18-17(16)19/h3-5,7-8,15H,6,9-12H2,1-2H3,(H,18,19). The van der Waals surface area contributed by atoms with Crippen LogP contribution in [-0.2, 0) is 4.79 Å². The van der Waals surface area contributed by atoms with E-state index in [4.69, 9.17) is 0 Å². The van der Waals surface area contributed by atoms with Crippen molar-refractivity contribution in [3.05, 3.63) is 41.5 Å². The van der Waals surface area contributed by atoms with Gasteiger partial charge in [-0.3, -0.25) is 4.79 Å². The Morgan fingerprint density at radius 3 is 2.50 bits per heavy atom. The summed E-state index contributed by atoms with van der Waals surface area (Å²) in [6.07, 6.45) is 4.39. The molecule has 106 valence electrons. The molecule has 1 aromatic carbocycles. The van der Waals surface area contributed by atoms with Crippen LogP contribution < -0.4 is 10.5 Å². The molecule has 2 fully saturated rings. The lowest BCUT2D eigenvalue weighted by Gasteiger charge is -2.42. The number of benzene rings is 1. The van der Waals surface area contributed by atoms with E-state index in [0.717, 1.165) is 43.3 Å². The molecule has 1 aromatic rings. The molecule has 1 aliphatic carbocycles. The maximum atomic E-state index is 11.9. The zero-order valence-electron chi connectivity index (χ0n) is 12.4. The van der Waals surface area contributed by atoms with Gasteiger partial charge in [0.1, 0.15) is 0 Å². The first kappa shape index (κ1) is 13.6. The number of carbonyl (C=O) groups is 1. The lowest BCUT2D eigenvalue weighted by molar-refractivity contribution is -0.118. The highest BCUT2D eigenvalue weighted by atomic mass is 28.3. The fourth-order valence-electron chi connectivity index (χ4n) is 3.42. The molecule has 1 aliphatic heterocycles.